The minimum Gasteiger partial charge on any atom is -0.272 e. The normalized spacial score (nSPS) is 29.4. The van der Waals surface area contributed by atoms with E-state index in [2.05, 4.69) is 31.9 Å². The Bertz CT molecular complexity index is 1180. The third-order valence-electron chi connectivity index (χ3n) is 6.99. The lowest BCUT2D eigenvalue weighted by Gasteiger charge is -2.31. The molecule has 1 heterocycles. The molecule has 2 aromatic carbocycles. The number of rotatable bonds is 5. The quantitative estimate of drug-likeness (QED) is 0.213. The molecule has 176 valence electrons. The molecule has 0 spiro atoms. The van der Waals surface area contributed by atoms with Crippen molar-refractivity contribution in [2.24, 2.45) is 23.7 Å². The molecule has 2 saturated carbocycles. The van der Waals surface area contributed by atoms with Gasteiger partial charge >= 0.3 is 0 Å². The van der Waals surface area contributed by atoms with Gasteiger partial charge in [0.25, 0.3) is 23.4 Å². The van der Waals surface area contributed by atoms with E-state index in [9.17, 15) is 24.5 Å². The first-order chi connectivity index (χ1) is 16.2. The van der Waals surface area contributed by atoms with E-state index < -0.39 is 34.5 Å². The number of nitro benzene ring substituents is 1. The van der Waals surface area contributed by atoms with Gasteiger partial charge in [-0.1, -0.05) is 61.7 Å². The van der Waals surface area contributed by atoms with Gasteiger partial charge in [0, 0.05) is 32.4 Å². The Kier molecular flexibility index (Phi) is 6.02. The van der Waals surface area contributed by atoms with Gasteiger partial charge in [0.2, 0.25) is 0 Å². The van der Waals surface area contributed by atoms with Crippen LogP contribution in [-0.2, 0) is 16.1 Å². The SMILES string of the molecule is O=C(c1cccc([N+](=O)[O-])c1)N(Cc1ccc(Cl)cc1)N1C(=O)[C@@H]2[C@H]3C[C@@H]([C@H](Br)[C@H]3Br)[C@H]2C1=O. The molecule has 2 aromatic rings. The highest BCUT2D eigenvalue weighted by Crippen LogP contribution is 2.60. The molecular formula is C23H18Br2ClN3O5. The predicted molar refractivity (Wildman–Crippen MR) is 130 cm³/mol. The van der Waals surface area contributed by atoms with E-state index in [0.29, 0.717) is 10.6 Å². The van der Waals surface area contributed by atoms with Gasteiger partial charge in [-0.25, -0.2) is 5.01 Å². The van der Waals surface area contributed by atoms with Crippen LogP contribution in [0.4, 0.5) is 5.69 Å². The van der Waals surface area contributed by atoms with Crippen LogP contribution in [0.5, 0.6) is 0 Å². The van der Waals surface area contributed by atoms with Crippen LogP contribution in [0.2, 0.25) is 5.02 Å². The highest BCUT2D eigenvalue weighted by atomic mass is 79.9. The summed E-state index contributed by atoms with van der Waals surface area (Å²) in [4.78, 5) is 51.5. The van der Waals surface area contributed by atoms with E-state index >= 15 is 0 Å². The van der Waals surface area contributed by atoms with Crippen LogP contribution in [-0.4, -0.2) is 42.3 Å². The zero-order chi connectivity index (χ0) is 24.3. The highest BCUT2D eigenvalue weighted by Gasteiger charge is 2.67. The Morgan fingerprint density at radius 2 is 1.65 bits per heavy atom. The number of nitro groups is 1. The van der Waals surface area contributed by atoms with Crippen molar-refractivity contribution in [3.8, 4) is 0 Å². The number of imide groups is 1. The van der Waals surface area contributed by atoms with E-state index in [0.717, 1.165) is 22.5 Å². The van der Waals surface area contributed by atoms with Crippen LogP contribution in [0.15, 0.2) is 48.5 Å². The number of amides is 3. The minimum absolute atomic E-state index is 0.00822. The smallest absolute Gasteiger partial charge is 0.272 e. The Hall–Kier alpha value is -2.30. The second-order valence-electron chi connectivity index (χ2n) is 8.79. The van der Waals surface area contributed by atoms with Crippen LogP contribution < -0.4 is 0 Å². The maximum absolute atomic E-state index is 13.6. The lowest BCUT2D eigenvalue weighted by molar-refractivity contribution is -0.384. The molecule has 34 heavy (non-hydrogen) atoms. The topological polar surface area (TPSA) is 101 Å². The molecule has 0 aromatic heterocycles. The van der Waals surface area contributed by atoms with E-state index in [4.69, 9.17) is 11.6 Å². The molecule has 6 atom stereocenters. The monoisotopic (exact) mass is 609 g/mol. The van der Waals surface area contributed by atoms with Crippen molar-refractivity contribution in [1.29, 1.82) is 0 Å². The van der Waals surface area contributed by atoms with Crippen molar-refractivity contribution < 1.29 is 19.3 Å². The summed E-state index contributed by atoms with van der Waals surface area (Å²) in [6.07, 6.45) is 0.766. The second kappa shape index (κ2) is 8.73. The molecular weight excluding hydrogens is 594 g/mol. The first-order valence-electron chi connectivity index (χ1n) is 10.7. The van der Waals surface area contributed by atoms with Gasteiger partial charge in [0.1, 0.15) is 0 Å². The summed E-state index contributed by atoms with van der Waals surface area (Å²) in [6.45, 7) is -0.0690. The van der Waals surface area contributed by atoms with Gasteiger partial charge in [-0.3, -0.25) is 24.5 Å². The number of nitrogens with zero attached hydrogens (tertiary/aromatic N) is 3. The zero-order valence-electron chi connectivity index (χ0n) is 17.5. The number of hydrogen-bond acceptors (Lipinski definition) is 5. The molecule has 1 saturated heterocycles. The van der Waals surface area contributed by atoms with Crippen molar-refractivity contribution in [3.05, 3.63) is 74.8 Å². The van der Waals surface area contributed by atoms with Crippen molar-refractivity contribution in [2.45, 2.75) is 22.6 Å². The zero-order valence-corrected chi connectivity index (χ0v) is 21.4. The maximum Gasteiger partial charge on any atom is 0.273 e. The maximum atomic E-state index is 13.6. The number of halogens is 3. The number of non-ortho nitro benzene ring substituents is 1. The average molecular weight is 612 g/mol. The number of fused-ring (bicyclic) bond motifs is 5. The van der Waals surface area contributed by atoms with Crippen molar-refractivity contribution in [2.75, 3.05) is 0 Å². The molecule has 0 radical (unpaired) electrons. The fraction of sp³-hybridized carbons (Fsp3) is 0.348. The fourth-order valence-electron chi connectivity index (χ4n) is 5.47. The van der Waals surface area contributed by atoms with Gasteiger partial charge < -0.3 is 0 Å². The number of hydrazine groups is 1. The Balaban J connectivity index is 1.53. The van der Waals surface area contributed by atoms with Crippen LogP contribution in [0, 0.1) is 33.8 Å². The fourth-order valence-corrected chi connectivity index (χ4v) is 7.47. The molecule has 2 bridgehead atoms. The van der Waals surface area contributed by atoms with Crippen LogP contribution in [0.1, 0.15) is 22.3 Å². The number of carbonyl (C=O) groups is 3. The lowest BCUT2D eigenvalue weighted by atomic mass is 9.81. The molecule has 2 aliphatic carbocycles. The van der Waals surface area contributed by atoms with Gasteiger partial charge in [-0.05, 0) is 42.0 Å². The largest absolute Gasteiger partial charge is 0.273 e. The summed E-state index contributed by atoms with van der Waals surface area (Å²) in [6, 6.07) is 12.0. The molecule has 0 unspecified atom stereocenters. The number of hydrogen-bond donors (Lipinski definition) is 0. The number of carbonyl (C=O) groups excluding carboxylic acids is 3. The molecule has 1 aliphatic heterocycles. The predicted octanol–water partition coefficient (Wildman–Crippen LogP) is 4.58. The van der Waals surface area contributed by atoms with Crippen molar-refractivity contribution in [3.63, 3.8) is 0 Å². The second-order valence-corrected chi connectivity index (χ2v) is 11.3. The third-order valence-corrected chi connectivity index (χ3v) is 10.4. The lowest BCUT2D eigenvalue weighted by Crippen LogP contribution is -2.50. The Labute approximate surface area is 216 Å². The molecule has 3 aliphatic rings. The van der Waals surface area contributed by atoms with E-state index in [-0.39, 0.29) is 39.3 Å². The molecule has 0 N–H and O–H groups in total. The first kappa shape index (κ1) is 23.4. The van der Waals surface area contributed by atoms with Crippen molar-refractivity contribution in [1.82, 2.24) is 10.0 Å². The van der Waals surface area contributed by atoms with Gasteiger partial charge in [0.05, 0.1) is 23.3 Å². The summed E-state index contributed by atoms with van der Waals surface area (Å²) in [7, 11) is 0. The van der Waals surface area contributed by atoms with Crippen molar-refractivity contribution >= 4 is 66.9 Å². The molecule has 11 heteroatoms. The van der Waals surface area contributed by atoms with Gasteiger partial charge in [-0.15, -0.1) is 0 Å². The molecule has 3 amide bonds. The molecule has 8 nitrogen and oxygen atoms in total. The number of benzene rings is 2. The Morgan fingerprint density at radius 1 is 1.06 bits per heavy atom. The summed E-state index contributed by atoms with van der Waals surface area (Å²) in [5.74, 6) is -2.49. The van der Waals surface area contributed by atoms with E-state index in [1.807, 2.05) is 0 Å². The molecule has 5 rings (SSSR count). The summed E-state index contributed by atoms with van der Waals surface area (Å²) >= 11 is 13.3. The summed E-state index contributed by atoms with van der Waals surface area (Å²) < 4.78 is 0. The van der Waals surface area contributed by atoms with E-state index in [1.165, 1.54) is 18.2 Å². The summed E-state index contributed by atoms with van der Waals surface area (Å²) in [5, 5.41) is 13.8. The first-order valence-corrected chi connectivity index (χ1v) is 12.9. The average Bonchev–Trinajstić information content (AvgIpc) is 3.43. The third kappa shape index (κ3) is 3.67. The molecule has 3 fully saturated rings. The van der Waals surface area contributed by atoms with Gasteiger partial charge in [-0.2, -0.15) is 5.01 Å². The van der Waals surface area contributed by atoms with Crippen LogP contribution in [0.25, 0.3) is 0 Å². The van der Waals surface area contributed by atoms with Crippen LogP contribution >= 0.6 is 43.5 Å². The van der Waals surface area contributed by atoms with Crippen LogP contribution in [0.3, 0.4) is 0 Å². The standard InChI is InChI=1S/C23H18Br2ClN3O5/c24-19-15-9-16(20(19)25)18-17(15)22(31)28(23(18)32)27(10-11-4-6-13(26)7-5-11)21(30)12-2-1-3-14(8-12)29(33)34/h1-8,15-20H,9-10H2/t15-,16-,17-,18-,19+,20+/m1/s1. The Morgan fingerprint density at radius 3 is 2.21 bits per heavy atom. The van der Waals surface area contributed by atoms with Gasteiger partial charge in [0.15, 0.2) is 0 Å². The number of alkyl halides is 2. The highest BCUT2D eigenvalue weighted by molar-refractivity contribution is 9.12. The minimum atomic E-state index is -0.668. The summed E-state index contributed by atoms with van der Waals surface area (Å²) in [5.41, 5.74) is 0.414. The van der Waals surface area contributed by atoms with E-state index in [1.54, 1.807) is 24.3 Å².